The predicted molar refractivity (Wildman–Crippen MR) is 157 cm³/mol. The molecular formula is C31H41N5O4. The van der Waals surface area contributed by atoms with Crippen molar-refractivity contribution in [2.45, 2.75) is 45.6 Å². The Balaban J connectivity index is 1.21. The van der Waals surface area contributed by atoms with Crippen LogP contribution in [-0.4, -0.2) is 91.3 Å². The molecule has 0 unspecified atom stereocenters. The topological polar surface area (TPSA) is 80.3 Å². The summed E-state index contributed by atoms with van der Waals surface area (Å²) >= 11 is 0. The van der Waals surface area contributed by atoms with Crippen LogP contribution in [0.3, 0.4) is 0 Å². The summed E-state index contributed by atoms with van der Waals surface area (Å²) in [5.74, 6) is 3.04. The van der Waals surface area contributed by atoms with Gasteiger partial charge in [0.2, 0.25) is 0 Å². The zero-order valence-electron chi connectivity index (χ0n) is 24.0. The molecule has 3 aromatic rings. The second kappa shape index (κ2) is 13.2. The third-order valence-electron chi connectivity index (χ3n) is 7.56. The molecule has 40 heavy (non-hydrogen) atoms. The van der Waals surface area contributed by atoms with Gasteiger partial charge in [0.1, 0.15) is 17.9 Å². The van der Waals surface area contributed by atoms with Crippen molar-refractivity contribution in [2.24, 2.45) is 0 Å². The van der Waals surface area contributed by atoms with Crippen molar-refractivity contribution in [1.82, 2.24) is 19.8 Å². The molecule has 2 aromatic carbocycles. The fourth-order valence-corrected chi connectivity index (χ4v) is 5.48. The molecule has 0 atom stereocenters. The van der Waals surface area contributed by atoms with Gasteiger partial charge in [-0.15, -0.1) is 0 Å². The first-order valence-corrected chi connectivity index (χ1v) is 14.5. The Morgan fingerprint density at radius 1 is 0.925 bits per heavy atom. The van der Waals surface area contributed by atoms with Crippen molar-refractivity contribution in [3.63, 3.8) is 0 Å². The van der Waals surface area contributed by atoms with Crippen LogP contribution in [0.1, 0.15) is 49.9 Å². The lowest BCUT2D eigenvalue weighted by atomic mass is 10.1. The van der Waals surface area contributed by atoms with Crippen LogP contribution in [0.15, 0.2) is 42.7 Å². The van der Waals surface area contributed by atoms with Crippen LogP contribution < -0.4 is 19.1 Å². The lowest BCUT2D eigenvalue weighted by Crippen LogP contribution is -2.49. The highest BCUT2D eigenvalue weighted by Crippen LogP contribution is 2.35. The number of methoxy groups -OCH3 is 1. The average molecular weight is 548 g/mol. The van der Waals surface area contributed by atoms with Crippen LogP contribution in [0.2, 0.25) is 0 Å². The predicted octanol–water partition coefficient (Wildman–Crippen LogP) is 4.64. The number of ether oxygens (including phenoxy) is 3. The number of amides is 1. The number of nitrogens with zero attached hydrogens (tertiary/aromatic N) is 5. The monoisotopic (exact) mass is 547 g/mol. The highest BCUT2D eigenvalue weighted by atomic mass is 16.5. The number of likely N-dealkylation sites (tertiary alicyclic amines) is 1. The second-order valence-corrected chi connectivity index (χ2v) is 10.8. The fraction of sp³-hybridized carbons (Fsp3) is 0.516. The van der Waals surface area contributed by atoms with Crippen molar-refractivity contribution in [2.75, 3.05) is 64.4 Å². The Morgan fingerprint density at radius 3 is 2.38 bits per heavy atom. The van der Waals surface area contributed by atoms with E-state index in [1.807, 2.05) is 55.1 Å². The molecule has 0 N–H and O–H groups in total. The number of piperidine rings is 1. The minimum atomic E-state index is 0.0343. The van der Waals surface area contributed by atoms with E-state index in [0.29, 0.717) is 49.8 Å². The van der Waals surface area contributed by atoms with Gasteiger partial charge in [-0.1, -0.05) is 6.42 Å². The smallest absolute Gasteiger partial charge is 0.253 e. The van der Waals surface area contributed by atoms with E-state index >= 15 is 0 Å². The Hall–Kier alpha value is -3.59. The number of aromatic nitrogens is 2. The van der Waals surface area contributed by atoms with E-state index < -0.39 is 0 Å². The van der Waals surface area contributed by atoms with Gasteiger partial charge in [0.25, 0.3) is 5.91 Å². The van der Waals surface area contributed by atoms with E-state index in [1.165, 1.54) is 32.4 Å². The number of rotatable bonds is 10. The summed E-state index contributed by atoms with van der Waals surface area (Å²) in [7, 11) is 1.66. The van der Waals surface area contributed by atoms with Gasteiger partial charge >= 0.3 is 0 Å². The Kier molecular flexibility index (Phi) is 9.21. The van der Waals surface area contributed by atoms with Gasteiger partial charge < -0.3 is 28.9 Å². The van der Waals surface area contributed by atoms with Crippen LogP contribution >= 0.6 is 0 Å². The molecule has 2 aliphatic heterocycles. The summed E-state index contributed by atoms with van der Waals surface area (Å²) < 4.78 is 17.5. The van der Waals surface area contributed by atoms with Crippen LogP contribution in [0, 0.1) is 0 Å². The van der Waals surface area contributed by atoms with Crippen LogP contribution in [-0.2, 0) is 0 Å². The van der Waals surface area contributed by atoms with Crippen LogP contribution in [0.25, 0.3) is 10.9 Å². The number of anilines is 1. The van der Waals surface area contributed by atoms with Crippen LogP contribution in [0.4, 0.5) is 5.82 Å². The standard InChI is InChI=1S/C31H41N5O4/c1-23(2)40-25-10-8-24(9-11-25)31(37)36-17-15-35(16-18-36)30-26-20-28(38-3)29(21-27(26)32-22-33-30)39-19-7-14-34-12-5-4-6-13-34/h8-11,20-23H,4-7,12-19H2,1-3H3. The van der Waals surface area contributed by atoms with E-state index in [1.54, 1.807) is 13.4 Å². The minimum Gasteiger partial charge on any atom is -0.493 e. The number of carbonyl (C=O) groups is 1. The average Bonchev–Trinajstić information content (AvgIpc) is 2.99. The molecule has 9 nitrogen and oxygen atoms in total. The Bertz CT molecular complexity index is 1270. The summed E-state index contributed by atoms with van der Waals surface area (Å²) in [6.07, 6.45) is 6.63. The molecule has 3 heterocycles. The van der Waals surface area contributed by atoms with E-state index in [2.05, 4.69) is 19.8 Å². The lowest BCUT2D eigenvalue weighted by molar-refractivity contribution is 0.0746. The maximum absolute atomic E-state index is 13.1. The summed E-state index contributed by atoms with van der Waals surface area (Å²) in [5.41, 5.74) is 1.49. The molecule has 0 aliphatic carbocycles. The maximum atomic E-state index is 13.1. The largest absolute Gasteiger partial charge is 0.493 e. The maximum Gasteiger partial charge on any atom is 0.253 e. The number of hydrogen-bond acceptors (Lipinski definition) is 8. The zero-order valence-corrected chi connectivity index (χ0v) is 24.0. The normalized spacial score (nSPS) is 16.4. The SMILES string of the molecule is COc1cc2c(N3CCN(C(=O)c4ccc(OC(C)C)cc4)CC3)ncnc2cc1OCCCN1CCCCC1. The summed E-state index contributed by atoms with van der Waals surface area (Å²) in [5, 5.41) is 0.917. The molecule has 5 rings (SSSR count). The van der Waals surface area contributed by atoms with Gasteiger partial charge in [0, 0.05) is 49.7 Å². The second-order valence-electron chi connectivity index (χ2n) is 10.8. The Morgan fingerprint density at radius 2 is 1.68 bits per heavy atom. The van der Waals surface area contributed by atoms with Crippen molar-refractivity contribution in [1.29, 1.82) is 0 Å². The number of carbonyl (C=O) groups excluding carboxylic acids is 1. The highest BCUT2D eigenvalue weighted by molar-refractivity contribution is 5.95. The summed E-state index contributed by atoms with van der Waals surface area (Å²) in [4.78, 5) is 28.9. The molecular weight excluding hydrogens is 506 g/mol. The molecule has 9 heteroatoms. The third-order valence-corrected chi connectivity index (χ3v) is 7.56. The molecule has 2 fully saturated rings. The fourth-order valence-electron chi connectivity index (χ4n) is 5.48. The van der Waals surface area contributed by atoms with E-state index in [9.17, 15) is 4.79 Å². The number of piperazine rings is 1. The molecule has 0 bridgehead atoms. The first-order valence-electron chi connectivity index (χ1n) is 14.5. The van der Waals surface area contributed by atoms with E-state index in [0.717, 1.165) is 35.4 Å². The van der Waals surface area contributed by atoms with Crippen molar-refractivity contribution < 1.29 is 19.0 Å². The zero-order chi connectivity index (χ0) is 27.9. The lowest BCUT2D eigenvalue weighted by Gasteiger charge is -2.35. The first-order chi connectivity index (χ1) is 19.5. The minimum absolute atomic E-state index is 0.0343. The van der Waals surface area contributed by atoms with E-state index in [-0.39, 0.29) is 12.0 Å². The summed E-state index contributed by atoms with van der Waals surface area (Å²) in [6, 6.07) is 11.3. The number of hydrogen-bond donors (Lipinski definition) is 0. The van der Waals surface area contributed by atoms with E-state index in [4.69, 9.17) is 14.2 Å². The molecule has 2 aliphatic rings. The van der Waals surface area contributed by atoms with Gasteiger partial charge in [-0.25, -0.2) is 9.97 Å². The van der Waals surface area contributed by atoms with Gasteiger partial charge in [0.05, 0.1) is 25.3 Å². The number of benzene rings is 2. The number of fused-ring (bicyclic) bond motifs is 1. The third kappa shape index (κ3) is 6.75. The molecule has 0 saturated carbocycles. The summed E-state index contributed by atoms with van der Waals surface area (Å²) in [6.45, 7) is 10.7. The van der Waals surface area contributed by atoms with Gasteiger partial charge in [-0.05, 0) is 76.5 Å². The molecule has 1 amide bonds. The van der Waals surface area contributed by atoms with Crippen molar-refractivity contribution in [3.05, 3.63) is 48.3 Å². The molecule has 214 valence electrons. The highest BCUT2D eigenvalue weighted by Gasteiger charge is 2.25. The van der Waals surface area contributed by atoms with Gasteiger partial charge in [-0.3, -0.25) is 4.79 Å². The molecule has 0 spiro atoms. The van der Waals surface area contributed by atoms with Gasteiger partial charge in [-0.2, -0.15) is 0 Å². The van der Waals surface area contributed by atoms with Crippen molar-refractivity contribution in [3.8, 4) is 17.2 Å². The Labute approximate surface area is 237 Å². The molecule has 1 aromatic heterocycles. The molecule has 2 saturated heterocycles. The first kappa shape index (κ1) is 28.0. The van der Waals surface area contributed by atoms with Crippen LogP contribution in [0.5, 0.6) is 17.2 Å². The molecule has 0 radical (unpaired) electrons. The van der Waals surface area contributed by atoms with Gasteiger partial charge in [0.15, 0.2) is 11.5 Å². The quantitative estimate of drug-likeness (QED) is 0.340. The van der Waals surface area contributed by atoms with Crippen molar-refractivity contribution >= 4 is 22.6 Å².